The van der Waals surface area contributed by atoms with Crippen LogP contribution in [0.5, 0.6) is 0 Å². The smallest absolute Gasteiger partial charge is 0.128 e. The van der Waals surface area contributed by atoms with E-state index >= 15 is 0 Å². The number of rotatable bonds is 7. The number of hydrogen-bond acceptors (Lipinski definition) is 2. The monoisotopic (exact) mass is 231 g/mol. The first-order chi connectivity index (χ1) is 6.65. The number of hydrogen-bond donors (Lipinski definition) is 0. The molecule has 0 aromatic heterocycles. The van der Waals surface area contributed by atoms with E-state index in [2.05, 4.69) is 32.1 Å². The Morgan fingerprint density at radius 2 is 2.21 bits per heavy atom. The lowest BCUT2D eigenvalue weighted by Crippen LogP contribution is -2.03. The summed E-state index contributed by atoms with van der Waals surface area (Å²) in [4.78, 5) is 3.63. The quantitative estimate of drug-likeness (QED) is 0.363. The summed E-state index contributed by atoms with van der Waals surface area (Å²) in [6.45, 7) is 11.7. The Hall–Kier alpha value is -0.210. The van der Waals surface area contributed by atoms with Crippen molar-refractivity contribution in [2.45, 2.75) is 31.9 Å². The molecule has 0 saturated carbocycles. The summed E-state index contributed by atoms with van der Waals surface area (Å²) in [7, 11) is 0. The molecule has 0 radical (unpaired) electrons. The minimum Gasteiger partial charge on any atom is -0.252 e. The molecule has 0 aromatic carbocycles. The van der Waals surface area contributed by atoms with E-state index in [1.165, 1.54) is 6.42 Å². The van der Waals surface area contributed by atoms with E-state index in [-0.39, 0.29) is 0 Å². The van der Waals surface area contributed by atoms with E-state index in [1.807, 2.05) is 11.8 Å². The number of halogens is 1. The minimum atomic E-state index is 0.422. The Bertz CT molecular complexity index is 223. The third kappa shape index (κ3) is 5.51. The van der Waals surface area contributed by atoms with Gasteiger partial charge in [-0.05, 0) is 37.0 Å². The first-order valence-corrected chi connectivity index (χ1v) is 6.22. The van der Waals surface area contributed by atoms with Crippen molar-refractivity contribution in [3.63, 3.8) is 0 Å². The molecule has 14 heavy (non-hydrogen) atoms. The van der Waals surface area contributed by atoms with Crippen molar-refractivity contribution in [1.82, 2.24) is 0 Å². The largest absolute Gasteiger partial charge is 0.252 e. The summed E-state index contributed by atoms with van der Waals surface area (Å²) >= 11 is 7.67. The van der Waals surface area contributed by atoms with Gasteiger partial charge in [0.1, 0.15) is 5.16 Å². The maximum Gasteiger partial charge on any atom is 0.128 e. The Morgan fingerprint density at radius 3 is 2.64 bits per heavy atom. The van der Waals surface area contributed by atoms with Crippen LogP contribution in [0.1, 0.15) is 26.7 Å². The second-order valence-corrected chi connectivity index (χ2v) is 4.67. The molecule has 1 atom stereocenters. The predicted molar refractivity (Wildman–Crippen MR) is 69.5 cm³/mol. The fourth-order valence-corrected chi connectivity index (χ4v) is 2.22. The summed E-state index contributed by atoms with van der Waals surface area (Å²) < 4.78 is 0. The fourth-order valence-electron chi connectivity index (χ4n) is 1.04. The van der Waals surface area contributed by atoms with Crippen LogP contribution in [0, 0.1) is 0 Å². The lowest BCUT2D eigenvalue weighted by Gasteiger charge is -2.14. The molecule has 0 saturated heterocycles. The molecule has 80 valence electrons. The van der Waals surface area contributed by atoms with Crippen LogP contribution in [0.15, 0.2) is 28.4 Å². The van der Waals surface area contributed by atoms with Crippen molar-refractivity contribution in [3.05, 3.63) is 23.4 Å². The predicted octanol–water partition coefficient (Wildman–Crippen LogP) is 4.25. The van der Waals surface area contributed by atoms with Crippen LogP contribution in [-0.2, 0) is 0 Å². The van der Waals surface area contributed by atoms with E-state index in [9.17, 15) is 0 Å². The zero-order valence-electron chi connectivity index (χ0n) is 8.92. The Kier molecular flexibility index (Phi) is 8.01. The molecular weight excluding hydrogens is 214 g/mol. The van der Waals surface area contributed by atoms with Crippen molar-refractivity contribution in [2.24, 2.45) is 4.99 Å². The maximum atomic E-state index is 5.76. The van der Waals surface area contributed by atoms with Gasteiger partial charge in [0.25, 0.3) is 0 Å². The summed E-state index contributed by atoms with van der Waals surface area (Å²) in [6.07, 6.45) is 4.05. The zero-order valence-corrected chi connectivity index (χ0v) is 10.5. The van der Waals surface area contributed by atoms with Crippen LogP contribution in [0.4, 0.5) is 0 Å². The van der Waals surface area contributed by atoms with Crippen molar-refractivity contribution in [3.8, 4) is 0 Å². The van der Waals surface area contributed by atoms with Gasteiger partial charge in [0.2, 0.25) is 0 Å². The van der Waals surface area contributed by atoms with Crippen LogP contribution in [-0.4, -0.2) is 17.7 Å². The summed E-state index contributed by atoms with van der Waals surface area (Å²) in [6, 6.07) is 0. The van der Waals surface area contributed by atoms with Crippen molar-refractivity contribution in [2.75, 3.05) is 5.75 Å². The molecule has 0 aliphatic heterocycles. The minimum absolute atomic E-state index is 0.422. The topological polar surface area (TPSA) is 12.4 Å². The second-order valence-electron chi connectivity index (χ2n) is 2.97. The SMILES string of the molecule is C=N/C(Cl)=C\C(=C)C(CC)SCCC. The standard InChI is InChI=1S/C11H18ClNS/c1-5-7-14-10(6-2)9(3)8-11(12)13-4/h8,10H,3-7H2,1-2H3/b11-8-. The Morgan fingerprint density at radius 1 is 1.57 bits per heavy atom. The normalized spacial score (nSPS) is 13.8. The molecule has 3 heteroatoms. The molecule has 0 aliphatic carbocycles. The highest BCUT2D eigenvalue weighted by Gasteiger charge is 2.08. The number of allylic oxidation sites excluding steroid dienone is 1. The lowest BCUT2D eigenvalue weighted by atomic mass is 10.1. The van der Waals surface area contributed by atoms with Gasteiger partial charge >= 0.3 is 0 Å². The molecule has 0 heterocycles. The van der Waals surface area contributed by atoms with Crippen LogP contribution >= 0.6 is 23.4 Å². The van der Waals surface area contributed by atoms with Gasteiger partial charge in [-0.3, -0.25) is 4.99 Å². The van der Waals surface area contributed by atoms with Gasteiger partial charge in [-0.15, -0.1) is 0 Å². The van der Waals surface area contributed by atoms with Gasteiger partial charge in [0.15, 0.2) is 0 Å². The third-order valence-corrected chi connectivity index (χ3v) is 3.67. The summed E-state index contributed by atoms with van der Waals surface area (Å²) in [5.74, 6) is 1.16. The molecule has 1 nitrogen and oxygen atoms in total. The number of nitrogens with zero attached hydrogens (tertiary/aromatic N) is 1. The van der Waals surface area contributed by atoms with Crippen molar-refractivity contribution in [1.29, 1.82) is 0 Å². The van der Waals surface area contributed by atoms with Crippen molar-refractivity contribution < 1.29 is 0 Å². The molecular formula is C11H18ClNS. The highest BCUT2D eigenvalue weighted by atomic mass is 35.5. The summed E-state index contributed by atoms with van der Waals surface area (Å²) in [5.41, 5.74) is 1.03. The van der Waals surface area contributed by atoms with E-state index < -0.39 is 0 Å². The van der Waals surface area contributed by atoms with E-state index in [0.29, 0.717) is 10.4 Å². The first-order valence-electron chi connectivity index (χ1n) is 4.80. The van der Waals surface area contributed by atoms with E-state index in [0.717, 1.165) is 17.7 Å². The number of aliphatic imine (C=N–C) groups is 1. The molecule has 0 aromatic rings. The molecule has 0 fully saturated rings. The first kappa shape index (κ1) is 13.8. The molecule has 0 N–H and O–H groups in total. The van der Waals surface area contributed by atoms with Gasteiger partial charge in [-0.2, -0.15) is 11.8 Å². The number of thioether (sulfide) groups is 1. The lowest BCUT2D eigenvalue weighted by molar-refractivity contribution is 0.942. The van der Waals surface area contributed by atoms with Crippen LogP contribution in [0.25, 0.3) is 0 Å². The van der Waals surface area contributed by atoms with Gasteiger partial charge < -0.3 is 0 Å². The van der Waals surface area contributed by atoms with Gasteiger partial charge in [-0.1, -0.05) is 32.0 Å². The van der Waals surface area contributed by atoms with Crippen LogP contribution < -0.4 is 0 Å². The molecule has 0 bridgehead atoms. The molecule has 0 aliphatic rings. The zero-order chi connectivity index (χ0) is 11.0. The molecule has 0 amide bonds. The van der Waals surface area contributed by atoms with E-state index in [1.54, 1.807) is 6.08 Å². The third-order valence-electron chi connectivity index (χ3n) is 1.76. The molecule has 0 rings (SSSR count). The average molecular weight is 232 g/mol. The molecule has 0 spiro atoms. The van der Waals surface area contributed by atoms with Crippen LogP contribution in [0.2, 0.25) is 0 Å². The van der Waals surface area contributed by atoms with Gasteiger partial charge in [-0.25, -0.2) is 0 Å². The second kappa shape index (κ2) is 8.13. The van der Waals surface area contributed by atoms with Gasteiger partial charge in [0.05, 0.1) is 0 Å². The Labute approximate surface area is 96.3 Å². The van der Waals surface area contributed by atoms with Crippen molar-refractivity contribution >= 4 is 30.1 Å². The fraction of sp³-hybridized carbons (Fsp3) is 0.545. The highest BCUT2D eigenvalue weighted by molar-refractivity contribution is 8.00. The van der Waals surface area contributed by atoms with E-state index in [4.69, 9.17) is 11.6 Å². The summed E-state index contributed by atoms with van der Waals surface area (Å²) in [5, 5.41) is 0.871. The maximum absolute atomic E-state index is 5.76. The Balaban J connectivity index is 4.23. The van der Waals surface area contributed by atoms with Crippen LogP contribution in [0.3, 0.4) is 0 Å². The highest BCUT2D eigenvalue weighted by Crippen LogP contribution is 2.24. The van der Waals surface area contributed by atoms with Gasteiger partial charge in [0, 0.05) is 5.25 Å². The average Bonchev–Trinajstić information content (AvgIpc) is 2.18. The molecule has 1 unspecified atom stereocenters.